The minimum absolute atomic E-state index is 0.0435. The van der Waals surface area contributed by atoms with E-state index in [4.69, 9.17) is 14.2 Å². The average molecular weight is 488 g/mol. The Bertz CT molecular complexity index is 1120. The van der Waals surface area contributed by atoms with Crippen molar-refractivity contribution < 1.29 is 27.4 Å². The normalized spacial score (nSPS) is 20.8. The fourth-order valence-electron chi connectivity index (χ4n) is 4.48. The molecule has 9 nitrogen and oxygen atoms in total. The van der Waals surface area contributed by atoms with Crippen LogP contribution in [0, 0.1) is 0 Å². The predicted molar refractivity (Wildman–Crippen MR) is 126 cm³/mol. The van der Waals surface area contributed by atoms with Crippen LogP contribution in [-0.4, -0.2) is 82.8 Å². The number of carbonyl (C=O) groups is 1. The van der Waals surface area contributed by atoms with Crippen molar-refractivity contribution in [2.45, 2.75) is 23.8 Å². The Morgan fingerprint density at radius 2 is 1.68 bits per heavy atom. The van der Waals surface area contributed by atoms with Crippen LogP contribution in [0.1, 0.15) is 23.2 Å². The van der Waals surface area contributed by atoms with Crippen LogP contribution < -0.4 is 14.2 Å². The molecule has 2 saturated heterocycles. The van der Waals surface area contributed by atoms with E-state index in [1.54, 1.807) is 30.3 Å². The summed E-state index contributed by atoms with van der Waals surface area (Å²) in [4.78, 5) is 17.2. The van der Waals surface area contributed by atoms with Crippen LogP contribution >= 0.6 is 0 Å². The number of carbonyl (C=O) groups excluding carboxylic acids is 1. The van der Waals surface area contributed by atoms with Crippen LogP contribution in [0.25, 0.3) is 0 Å². The van der Waals surface area contributed by atoms with Gasteiger partial charge in [-0.25, -0.2) is 8.42 Å². The Labute approximate surface area is 199 Å². The van der Waals surface area contributed by atoms with Gasteiger partial charge in [-0.15, -0.1) is 0 Å². The molecular formula is C24H29N3O6S. The minimum atomic E-state index is -3.81. The lowest BCUT2D eigenvalue weighted by molar-refractivity contribution is 0.0432. The zero-order chi connectivity index (χ0) is 23.5. The lowest BCUT2D eigenvalue weighted by atomic mass is 10.1. The van der Waals surface area contributed by atoms with Crippen LogP contribution in [0.15, 0.2) is 47.4 Å². The molecule has 34 heavy (non-hydrogen) atoms. The number of benzene rings is 2. The van der Waals surface area contributed by atoms with Crippen molar-refractivity contribution in [2.24, 2.45) is 0 Å². The van der Waals surface area contributed by atoms with Crippen molar-refractivity contribution in [1.29, 1.82) is 0 Å². The molecule has 3 aliphatic heterocycles. The summed E-state index contributed by atoms with van der Waals surface area (Å²) in [6.45, 7) is 5.61. The molecule has 2 aromatic carbocycles. The average Bonchev–Trinajstić information content (AvgIpc) is 3.37. The van der Waals surface area contributed by atoms with Crippen LogP contribution in [0.2, 0.25) is 0 Å². The van der Waals surface area contributed by atoms with Crippen molar-refractivity contribution in [1.82, 2.24) is 9.80 Å². The molecule has 0 saturated carbocycles. The number of hydrogen-bond acceptors (Lipinski definition) is 7. The zero-order valence-corrected chi connectivity index (χ0v) is 19.8. The van der Waals surface area contributed by atoms with E-state index >= 15 is 0 Å². The third-order valence-electron chi connectivity index (χ3n) is 6.35. The highest BCUT2D eigenvalue weighted by atomic mass is 32.2. The number of anilines is 1. The smallest absolute Gasteiger partial charge is 0.262 e. The van der Waals surface area contributed by atoms with Gasteiger partial charge in [0.15, 0.2) is 11.5 Å². The summed E-state index contributed by atoms with van der Waals surface area (Å²) >= 11 is 0. The molecule has 0 radical (unpaired) electrons. The maximum Gasteiger partial charge on any atom is 0.262 e. The van der Waals surface area contributed by atoms with Gasteiger partial charge in [-0.05, 0) is 49.2 Å². The number of nitrogens with one attached hydrogen (secondary N) is 1. The first-order valence-electron chi connectivity index (χ1n) is 11.6. The van der Waals surface area contributed by atoms with E-state index in [-0.39, 0.29) is 10.8 Å². The van der Waals surface area contributed by atoms with E-state index in [2.05, 4.69) is 9.62 Å². The first-order valence-corrected chi connectivity index (χ1v) is 13.1. The molecule has 10 heteroatoms. The second kappa shape index (κ2) is 9.81. The quantitative estimate of drug-likeness (QED) is 0.667. The standard InChI is InChI=1S/C24H29N3O6S/c28-24(27-11-9-26(10-12-27)17-20-2-1-13-31-20)18-3-5-19(6-4-18)25-34(29,30)21-7-8-22-23(16-21)33-15-14-32-22/h3-8,16,20,25H,1-2,9-15,17H2. The van der Waals surface area contributed by atoms with E-state index in [1.807, 2.05) is 4.90 Å². The lowest BCUT2D eigenvalue weighted by Gasteiger charge is -2.35. The van der Waals surface area contributed by atoms with E-state index in [0.717, 1.165) is 39.1 Å². The third kappa shape index (κ3) is 5.13. The number of piperazine rings is 1. The molecule has 1 amide bonds. The van der Waals surface area contributed by atoms with Gasteiger partial charge >= 0.3 is 0 Å². The van der Waals surface area contributed by atoms with Crippen molar-refractivity contribution in [2.75, 3.05) is 57.3 Å². The van der Waals surface area contributed by atoms with Crippen LogP contribution in [0.4, 0.5) is 5.69 Å². The molecule has 3 aliphatic rings. The molecule has 0 aromatic heterocycles. The van der Waals surface area contributed by atoms with Crippen LogP contribution in [-0.2, 0) is 14.8 Å². The summed E-state index contributed by atoms with van der Waals surface area (Å²) in [7, 11) is -3.81. The maximum atomic E-state index is 12.9. The molecule has 0 spiro atoms. The van der Waals surface area contributed by atoms with Gasteiger partial charge in [0.1, 0.15) is 13.2 Å². The van der Waals surface area contributed by atoms with Gasteiger partial charge in [-0.3, -0.25) is 14.4 Å². The molecule has 1 N–H and O–H groups in total. The highest BCUT2D eigenvalue weighted by Gasteiger charge is 2.26. The first-order chi connectivity index (χ1) is 16.5. The second-order valence-corrected chi connectivity index (χ2v) is 10.4. The highest BCUT2D eigenvalue weighted by Crippen LogP contribution is 2.32. The summed E-state index contributed by atoms with van der Waals surface area (Å²) in [6.07, 6.45) is 2.57. The Balaban J connectivity index is 1.18. The molecule has 2 aromatic rings. The fraction of sp³-hybridized carbons (Fsp3) is 0.458. The molecule has 2 fully saturated rings. The van der Waals surface area contributed by atoms with Gasteiger partial charge in [0.05, 0.1) is 11.0 Å². The molecule has 5 rings (SSSR count). The zero-order valence-electron chi connectivity index (χ0n) is 18.9. The maximum absolute atomic E-state index is 12.9. The molecule has 0 aliphatic carbocycles. The first kappa shape index (κ1) is 22.9. The van der Waals surface area contributed by atoms with Crippen molar-refractivity contribution in [3.05, 3.63) is 48.0 Å². The van der Waals surface area contributed by atoms with E-state index < -0.39 is 10.0 Å². The number of sulfonamides is 1. The van der Waals surface area contributed by atoms with Gasteiger partial charge in [-0.2, -0.15) is 0 Å². The lowest BCUT2D eigenvalue weighted by Crippen LogP contribution is -2.50. The molecule has 1 unspecified atom stereocenters. The predicted octanol–water partition coefficient (Wildman–Crippen LogP) is 2.20. The van der Waals surface area contributed by atoms with E-state index in [1.165, 1.54) is 12.1 Å². The highest BCUT2D eigenvalue weighted by molar-refractivity contribution is 7.92. The number of rotatable bonds is 6. The van der Waals surface area contributed by atoms with Gasteiger partial charge in [-0.1, -0.05) is 0 Å². The van der Waals surface area contributed by atoms with Crippen molar-refractivity contribution in [3.63, 3.8) is 0 Å². The van der Waals surface area contributed by atoms with Crippen LogP contribution in [0.5, 0.6) is 11.5 Å². The van der Waals surface area contributed by atoms with Crippen molar-refractivity contribution >= 4 is 21.6 Å². The van der Waals surface area contributed by atoms with Gasteiger partial charge in [0.25, 0.3) is 15.9 Å². The number of hydrogen-bond donors (Lipinski definition) is 1. The molecule has 3 heterocycles. The van der Waals surface area contributed by atoms with Gasteiger partial charge < -0.3 is 19.1 Å². The Morgan fingerprint density at radius 3 is 2.38 bits per heavy atom. The number of ether oxygens (including phenoxy) is 3. The minimum Gasteiger partial charge on any atom is -0.486 e. The summed E-state index contributed by atoms with van der Waals surface area (Å²) in [6, 6.07) is 11.0. The number of nitrogens with zero attached hydrogens (tertiary/aromatic N) is 2. The fourth-order valence-corrected chi connectivity index (χ4v) is 5.55. The summed E-state index contributed by atoms with van der Waals surface area (Å²) in [5, 5.41) is 0. The van der Waals surface area contributed by atoms with Gasteiger partial charge in [0.2, 0.25) is 0 Å². The summed E-state index contributed by atoms with van der Waals surface area (Å²) < 4.78 is 44.8. The topological polar surface area (TPSA) is 97.4 Å². The largest absolute Gasteiger partial charge is 0.486 e. The number of fused-ring (bicyclic) bond motifs is 1. The van der Waals surface area contributed by atoms with Crippen LogP contribution in [0.3, 0.4) is 0 Å². The molecule has 0 bridgehead atoms. The van der Waals surface area contributed by atoms with Crippen molar-refractivity contribution in [3.8, 4) is 11.5 Å². The summed E-state index contributed by atoms with van der Waals surface area (Å²) in [5.74, 6) is 0.893. The monoisotopic (exact) mass is 487 g/mol. The molecule has 1 atom stereocenters. The SMILES string of the molecule is O=C(c1ccc(NS(=O)(=O)c2ccc3c(c2)OCCO3)cc1)N1CCN(CC2CCCO2)CC1. The van der Waals surface area contributed by atoms with E-state index in [0.29, 0.717) is 55.2 Å². The molecule has 182 valence electrons. The van der Waals surface area contributed by atoms with Gasteiger partial charge in [0, 0.05) is 56.6 Å². The molecular weight excluding hydrogens is 458 g/mol. The summed E-state index contributed by atoms with van der Waals surface area (Å²) in [5.41, 5.74) is 0.919. The number of amides is 1. The Kier molecular flexibility index (Phi) is 6.62. The Hall–Kier alpha value is -2.82. The second-order valence-electron chi connectivity index (χ2n) is 8.72. The van der Waals surface area contributed by atoms with E-state index in [9.17, 15) is 13.2 Å². The third-order valence-corrected chi connectivity index (χ3v) is 7.73. The Morgan fingerprint density at radius 1 is 0.941 bits per heavy atom.